The van der Waals surface area contributed by atoms with Gasteiger partial charge in [0.25, 0.3) is 0 Å². The summed E-state index contributed by atoms with van der Waals surface area (Å²) >= 11 is 0. The first kappa shape index (κ1) is 18.3. The van der Waals surface area contributed by atoms with Crippen molar-refractivity contribution in [3.05, 3.63) is 11.6 Å². The zero-order chi connectivity index (χ0) is 19.1. The zero-order valence-corrected chi connectivity index (χ0v) is 16.3. The van der Waals surface area contributed by atoms with Gasteiger partial charge in [-0.2, -0.15) is 0 Å². The standard InChI is InChI=1S/C22H31FO3/c1-12-9-17-16-6-5-14-10-15(25)7-8-21(14,4)22(16,23)18(26)11-20(17,3)19(12)13(2)24/h10,12,16-19,26H,5-9,11H2,1-4H3/t12-,16-,17-,18-,19+,20-,21-,22-/m0/s1. The van der Waals surface area contributed by atoms with Crippen LogP contribution in [0.25, 0.3) is 0 Å². The maximum Gasteiger partial charge on any atom is 0.155 e. The molecule has 1 N–H and O–H groups in total. The third-order valence-electron chi connectivity index (χ3n) is 8.82. The second-order valence-electron chi connectivity index (χ2n) is 10.0. The Morgan fingerprint density at radius 2 is 1.96 bits per heavy atom. The molecular weight excluding hydrogens is 331 g/mol. The number of allylic oxidation sites excluding steroid dienone is 1. The number of fused-ring (bicyclic) bond motifs is 5. The molecule has 0 unspecified atom stereocenters. The van der Waals surface area contributed by atoms with Crippen molar-refractivity contribution in [1.82, 2.24) is 0 Å². The number of halogens is 1. The van der Waals surface area contributed by atoms with E-state index in [-0.39, 0.29) is 40.7 Å². The molecule has 4 heteroatoms. The van der Waals surface area contributed by atoms with Gasteiger partial charge in [-0.3, -0.25) is 9.59 Å². The first-order valence-corrected chi connectivity index (χ1v) is 10.2. The highest BCUT2D eigenvalue weighted by Crippen LogP contribution is 2.70. The van der Waals surface area contributed by atoms with E-state index in [0.29, 0.717) is 25.7 Å². The average molecular weight is 362 g/mol. The van der Waals surface area contributed by atoms with Gasteiger partial charge >= 0.3 is 0 Å². The highest BCUT2D eigenvalue weighted by atomic mass is 19.1. The lowest BCUT2D eigenvalue weighted by Crippen LogP contribution is -2.67. The predicted octanol–water partition coefficient (Wildman–Crippen LogP) is 4.03. The molecule has 4 aliphatic rings. The molecule has 4 aliphatic carbocycles. The first-order valence-electron chi connectivity index (χ1n) is 10.2. The molecule has 0 radical (unpaired) electrons. The molecule has 3 saturated carbocycles. The molecule has 3 nitrogen and oxygen atoms in total. The van der Waals surface area contributed by atoms with Crippen LogP contribution in [0.4, 0.5) is 4.39 Å². The van der Waals surface area contributed by atoms with Gasteiger partial charge in [-0.25, -0.2) is 4.39 Å². The molecule has 0 spiro atoms. The number of hydrogen-bond acceptors (Lipinski definition) is 3. The lowest BCUT2D eigenvalue weighted by atomic mass is 9.44. The maximum absolute atomic E-state index is 16.8. The van der Waals surface area contributed by atoms with E-state index in [1.54, 1.807) is 13.0 Å². The van der Waals surface area contributed by atoms with Crippen molar-refractivity contribution >= 4 is 11.6 Å². The van der Waals surface area contributed by atoms with Crippen LogP contribution < -0.4 is 0 Å². The van der Waals surface area contributed by atoms with Gasteiger partial charge < -0.3 is 5.11 Å². The van der Waals surface area contributed by atoms with E-state index in [0.717, 1.165) is 18.4 Å². The summed E-state index contributed by atoms with van der Waals surface area (Å²) in [5.41, 5.74) is -1.90. The van der Waals surface area contributed by atoms with E-state index in [1.807, 2.05) is 6.92 Å². The number of Topliss-reactive ketones (excluding diaryl/α,β-unsaturated/α-hetero) is 1. The molecule has 3 fully saturated rings. The molecule has 0 saturated heterocycles. The quantitative estimate of drug-likeness (QED) is 0.766. The van der Waals surface area contributed by atoms with E-state index < -0.39 is 17.2 Å². The molecule has 0 amide bonds. The van der Waals surface area contributed by atoms with Crippen molar-refractivity contribution in [3.63, 3.8) is 0 Å². The fourth-order valence-corrected chi connectivity index (χ4v) is 7.80. The Kier molecular flexibility index (Phi) is 3.88. The molecule has 8 atom stereocenters. The lowest BCUT2D eigenvalue weighted by Gasteiger charge is -2.62. The molecule has 0 aromatic heterocycles. The Morgan fingerprint density at radius 3 is 2.62 bits per heavy atom. The smallest absolute Gasteiger partial charge is 0.155 e. The third-order valence-corrected chi connectivity index (χ3v) is 8.82. The average Bonchev–Trinajstić information content (AvgIpc) is 2.80. The largest absolute Gasteiger partial charge is 0.390 e. The SMILES string of the molecule is CC(=O)[C@H]1[C@@H](C)C[C@H]2[C@@H]3CCC4=CC(=O)CC[C@]4(C)[C@@]3(F)[C@@H](O)C[C@@]21C. The number of aliphatic hydroxyl groups excluding tert-OH is 1. The van der Waals surface area contributed by atoms with E-state index >= 15 is 4.39 Å². The van der Waals surface area contributed by atoms with Gasteiger partial charge in [-0.15, -0.1) is 0 Å². The van der Waals surface area contributed by atoms with Gasteiger partial charge in [-0.1, -0.05) is 26.3 Å². The first-order chi connectivity index (χ1) is 12.1. The number of hydrogen-bond donors (Lipinski definition) is 1. The Bertz CT molecular complexity index is 700. The van der Waals surface area contributed by atoms with Crippen LogP contribution in [0.5, 0.6) is 0 Å². The Hall–Kier alpha value is -1.03. The van der Waals surface area contributed by atoms with Crippen molar-refractivity contribution in [2.45, 2.75) is 78.0 Å². The van der Waals surface area contributed by atoms with E-state index in [2.05, 4.69) is 13.8 Å². The number of ketones is 2. The van der Waals surface area contributed by atoms with Crippen LogP contribution in [-0.2, 0) is 9.59 Å². The molecule has 144 valence electrons. The molecule has 0 bridgehead atoms. The van der Waals surface area contributed by atoms with Crippen LogP contribution in [0, 0.1) is 34.5 Å². The van der Waals surface area contributed by atoms with Crippen LogP contribution in [0.1, 0.15) is 66.2 Å². The van der Waals surface area contributed by atoms with Gasteiger partial charge in [-0.05, 0) is 62.4 Å². The van der Waals surface area contributed by atoms with Crippen molar-refractivity contribution in [3.8, 4) is 0 Å². The summed E-state index contributed by atoms with van der Waals surface area (Å²) in [5.74, 6) is 0.279. The number of carbonyl (C=O) groups is 2. The topological polar surface area (TPSA) is 54.4 Å². The van der Waals surface area contributed by atoms with Crippen LogP contribution in [0.3, 0.4) is 0 Å². The molecular formula is C22H31FO3. The van der Waals surface area contributed by atoms with Crippen molar-refractivity contribution < 1.29 is 19.1 Å². The van der Waals surface area contributed by atoms with Gasteiger partial charge in [0, 0.05) is 23.7 Å². The normalized spacial score (nSPS) is 53.4. The molecule has 0 aromatic carbocycles. The van der Waals surface area contributed by atoms with Crippen molar-refractivity contribution in [2.24, 2.45) is 34.5 Å². The fraction of sp³-hybridized carbons (Fsp3) is 0.818. The minimum Gasteiger partial charge on any atom is -0.390 e. The minimum atomic E-state index is -1.70. The number of alkyl halides is 1. The zero-order valence-electron chi connectivity index (χ0n) is 16.3. The Labute approximate surface area is 155 Å². The van der Waals surface area contributed by atoms with Gasteiger partial charge in [0.1, 0.15) is 11.5 Å². The number of rotatable bonds is 1. The van der Waals surface area contributed by atoms with Crippen molar-refractivity contribution in [1.29, 1.82) is 0 Å². The minimum absolute atomic E-state index is 0.0841. The van der Waals surface area contributed by atoms with Crippen LogP contribution in [-0.4, -0.2) is 28.4 Å². The van der Waals surface area contributed by atoms with Crippen LogP contribution in [0.2, 0.25) is 0 Å². The van der Waals surface area contributed by atoms with E-state index in [1.165, 1.54) is 0 Å². The molecule has 0 heterocycles. The predicted molar refractivity (Wildman–Crippen MR) is 97.2 cm³/mol. The van der Waals surface area contributed by atoms with Gasteiger partial charge in [0.2, 0.25) is 0 Å². The summed E-state index contributed by atoms with van der Waals surface area (Å²) in [6.45, 7) is 7.78. The molecule has 0 aliphatic heterocycles. The molecule has 0 aromatic rings. The monoisotopic (exact) mass is 362 g/mol. The number of aliphatic hydroxyl groups is 1. The molecule has 26 heavy (non-hydrogen) atoms. The third kappa shape index (κ3) is 2.03. The van der Waals surface area contributed by atoms with E-state index in [9.17, 15) is 14.7 Å². The summed E-state index contributed by atoms with van der Waals surface area (Å²) in [4.78, 5) is 24.3. The summed E-state index contributed by atoms with van der Waals surface area (Å²) in [6.07, 6.45) is 4.01. The summed E-state index contributed by atoms with van der Waals surface area (Å²) in [6, 6.07) is 0. The molecule has 4 rings (SSSR count). The highest BCUT2D eigenvalue weighted by molar-refractivity contribution is 5.91. The number of carbonyl (C=O) groups excluding carboxylic acids is 2. The van der Waals surface area contributed by atoms with Crippen LogP contribution >= 0.6 is 0 Å². The van der Waals surface area contributed by atoms with Crippen LogP contribution in [0.15, 0.2) is 11.6 Å². The van der Waals surface area contributed by atoms with Gasteiger partial charge in [0.05, 0.1) is 6.10 Å². The second-order valence-corrected chi connectivity index (χ2v) is 10.0. The Morgan fingerprint density at radius 1 is 1.27 bits per heavy atom. The summed E-state index contributed by atoms with van der Waals surface area (Å²) < 4.78 is 16.8. The highest BCUT2D eigenvalue weighted by Gasteiger charge is 2.71. The van der Waals surface area contributed by atoms with E-state index in [4.69, 9.17) is 0 Å². The lowest BCUT2D eigenvalue weighted by molar-refractivity contribution is -0.208. The van der Waals surface area contributed by atoms with Crippen molar-refractivity contribution in [2.75, 3.05) is 0 Å². The van der Waals surface area contributed by atoms with Gasteiger partial charge in [0.15, 0.2) is 5.78 Å². The maximum atomic E-state index is 16.8. The second kappa shape index (κ2) is 5.50. The summed E-state index contributed by atoms with van der Waals surface area (Å²) in [5, 5.41) is 11.1. The summed E-state index contributed by atoms with van der Waals surface area (Å²) in [7, 11) is 0. The Balaban J connectivity index is 1.81. The fourth-order valence-electron chi connectivity index (χ4n) is 7.80.